The van der Waals surface area contributed by atoms with Crippen LogP contribution in [0.4, 0.5) is 0 Å². The highest BCUT2D eigenvalue weighted by Gasteiger charge is 2.47. The Morgan fingerprint density at radius 1 is 0.868 bits per heavy atom. The van der Waals surface area contributed by atoms with Crippen molar-refractivity contribution < 1.29 is 37.6 Å². The maximum absolute atomic E-state index is 12.9. The Balaban J connectivity index is 1.17. The maximum Gasteiger partial charge on any atom is 0.207 e. The number of rotatable bonds is 6. The van der Waals surface area contributed by atoms with Crippen molar-refractivity contribution in [3.63, 3.8) is 0 Å². The lowest BCUT2D eigenvalue weighted by atomic mass is 9.92. The molecule has 0 bridgehead atoms. The number of sulfone groups is 1. The maximum atomic E-state index is 12.9. The smallest absolute Gasteiger partial charge is 0.207 e. The molecule has 200 valence electrons. The lowest BCUT2D eigenvalue weighted by Gasteiger charge is -2.41. The van der Waals surface area contributed by atoms with Gasteiger partial charge in [-0.1, -0.05) is 24.3 Å². The molecule has 0 unspecified atom stereocenters. The molecule has 0 saturated carbocycles. The minimum atomic E-state index is -3.60. The van der Waals surface area contributed by atoms with Gasteiger partial charge in [0.1, 0.15) is 36.4 Å². The van der Waals surface area contributed by atoms with Gasteiger partial charge in [0.15, 0.2) is 12.4 Å². The van der Waals surface area contributed by atoms with Gasteiger partial charge in [-0.3, -0.25) is 0 Å². The third-order valence-electron chi connectivity index (χ3n) is 7.59. The second kappa shape index (κ2) is 9.98. The Kier molecular flexibility index (Phi) is 6.65. The number of fused-ring (bicyclic) bond motifs is 4. The zero-order valence-electron chi connectivity index (χ0n) is 20.9. The van der Waals surface area contributed by atoms with E-state index in [9.17, 15) is 18.6 Å². The van der Waals surface area contributed by atoms with Crippen LogP contribution in [-0.4, -0.2) is 63.1 Å². The van der Waals surface area contributed by atoms with Gasteiger partial charge < -0.3 is 29.2 Å². The standard InChI is InChI=1S/C29H30O8S/c1-34-29-28(36-20-12-13-25-22(15-20)21-8-4-5-9-24(21)38(25,32)33)27(31)26(30)23(37-29)16-35-19-11-10-17-6-2-3-7-18(17)14-19/h4-5,8-15,23,26-31H,2-3,6-7,16H2,1H3/t23-,26-,27+,28-,29-/m1/s1. The summed E-state index contributed by atoms with van der Waals surface area (Å²) < 4.78 is 49.1. The Morgan fingerprint density at radius 3 is 2.42 bits per heavy atom. The minimum Gasteiger partial charge on any atom is -0.491 e. The first-order valence-corrected chi connectivity index (χ1v) is 14.3. The van der Waals surface area contributed by atoms with E-state index >= 15 is 0 Å². The van der Waals surface area contributed by atoms with Gasteiger partial charge in [-0.2, -0.15) is 0 Å². The van der Waals surface area contributed by atoms with E-state index in [4.69, 9.17) is 18.9 Å². The van der Waals surface area contributed by atoms with Crippen LogP contribution in [0.15, 0.2) is 70.5 Å². The van der Waals surface area contributed by atoms with Gasteiger partial charge in [0.25, 0.3) is 0 Å². The number of ether oxygens (including phenoxy) is 4. The third-order valence-corrected chi connectivity index (χ3v) is 9.46. The van der Waals surface area contributed by atoms with Crippen LogP contribution in [0.5, 0.6) is 11.5 Å². The predicted octanol–water partition coefficient (Wildman–Crippen LogP) is 3.30. The molecule has 38 heavy (non-hydrogen) atoms. The van der Waals surface area contributed by atoms with Crippen molar-refractivity contribution in [3.05, 3.63) is 71.8 Å². The topological polar surface area (TPSA) is 112 Å². The first-order chi connectivity index (χ1) is 18.4. The van der Waals surface area contributed by atoms with Gasteiger partial charge in [-0.15, -0.1) is 0 Å². The van der Waals surface area contributed by atoms with E-state index in [0.717, 1.165) is 19.3 Å². The third kappa shape index (κ3) is 4.38. The Labute approximate surface area is 221 Å². The van der Waals surface area contributed by atoms with Gasteiger partial charge in [0.05, 0.1) is 9.79 Å². The molecular formula is C29H30O8S. The van der Waals surface area contributed by atoms with Crippen LogP contribution in [0, 0.1) is 0 Å². The Hall–Kier alpha value is -2.95. The van der Waals surface area contributed by atoms with Crippen molar-refractivity contribution in [1.29, 1.82) is 0 Å². The quantitative estimate of drug-likeness (QED) is 0.385. The summed E-state index contributed by atoms with van der Waals surface area (Å²) in [5, 5.41) is 21.8. The zero-order chi connectivity index (χ0) is 26.4. The largest absolute Gasteiger partial charge is 0.491 e. The molecule has 1 aliphatic carbocycles. The van der Waals surface area contributed by atoms with Crippen molar-refractivity contribution in [3.8, 4) is 22.6 Å². The number of methoxy groups -OCH3 is 1. The van der Waals surface area contributed by atoms with Gasteiger partial charge in [0, 0.05) is 18.2 Å². The number of aliphatic hydroxyl groups is 2. The summed E-state index contributed by atoms with van der Waals surface area (Å²) in [4.78, 5) is 0.453. The van der Waals surface area contributed by atoms with Crippen molar-refractivity contribution in [1.82, 2.24) is 0 Å². The second-order valence-electron chi connectivity index (χ2n) is 9.95. The van der Waals surface area contributed by atoms with Gasteiger partial charge in [-0.05, 0) is 73.2 Å². The van der Waals surface area contributed by atoms with Crippen molar-refractivity contribution in [2.24, 2.45) is 0 Å². The zero-order valence-corrected chi connectivity index (χ0v) is 21.8. The minimum absolute atomic E-state index is 0.0249. The number of hydrogen-bond donors (Lipinski definition) is 2. The summed E-state index contributed by atoms with van der Waals surface area (Å²) in [5.41, 5.74) is 3.75. The van der Waals surface area contributed by atoms with Crippen molar-refractivity contribution in [2.75, 3.05) is 13.7 Å². The van der Waals surface area contributed by atoms with E-state index in [1.54, 1.807) is 30.3 Å². The fourth-order valence-electron chi connectivity index (χ4n) is 5.56. The molecule has 2 N–H and O–H groups in total. The molecule has 1 fully saturated rings. The van der Waals surface area contributed by atoms with E-state index in [-0.39, 0.29) is 16.4 Å². The normalized spacial score (nSPS) is 27.2. The summed E-state index contributed by atoms with van der Waals surface area (Å²) in [5.74, 6) is 1.01. The van der Waals surface area contributed by atoms with Crippen LogP contribution in [0.25, 0.3) is 11.1 Å². The molecule has 0 radical (unpaired) electrons. The molecule has 3 aromatic carbocycles. The van der Waals surface area contributed by atoms with E-state index in [0.29, 0.717) is 22.6 Å². The summed E-state index contributed by atoms with van der Waals surface area (Å²) in [6, 6.07) is 17.5. The molecule has 1 saturated heterocycles. The van der Waals surface area contributed by atoms with E-state index in [1.165, 1.54) is 36.8 Å². The van der Waals surface area contributed by atoms with Gasteiger partial charge in [0.2, 0.25) is 9.84 Å². The predicted molar refractivity (Wildman–Crippen MR) is 138 cm³/mol. The second-order valence-corrected chi connectivity index (χ2v) is 11.8. The molecule has 3 aromatic rings. The summed E-state index contributed by atoms with van der Waals surface area (Å²) >= 11 is 0. The van der Waals surface area contributed by atoms with Crippen LogP contribution in [0.3, 0.4) is 0 Å². The first kappa shape index (κ1) is 25.3. The SMILES string of the molecule is CO[C@@H]1O[C@H](COc2ccc3c(c2)CCCC3)[C@@H](O)[C@H](O)[C@H]1Oc1ccc2c(c1)-c1ccccc1S2(=O)=O. The van der Waals surface area contributed by atoms with Crippen LogP contribution in [0.2, 0.25) is 0 Å². The van der Waals surface area contributed by atoms with Crippen LogP contribution < -0.4 is 9.47 Å². The molecule has 2 aliphatic heterocycles. The molecule has 9 heteroatoms. The molecule has 0 aromatic heterocycles. The van der Waals surface area contributed by atoms with Gasteiger partial charge >= 0.3 is 0 Å². The first-order valence-electron chi connectivity index (χ1n) is 12.8. The molecule has 3 aliphatic rings. The van der Waals surface area contributed by atoms with Crippen LogP contribution in [0.1, 0.15) is 24.0 Å². The van der Waals surface area contributed by atoms with E-state index in [1.807, 2.05) is 12.1 Å². The van der Waals surface area contributed by atoms with Gasteiger partial charge in [-0.25, -0.2) is 8.42 Å². The molecule has 2 heterocycles. The highest BCUT2D eigenvalue weighted by Crippen LogP contribution is 2.44. The summed E-state index contributed by atoms with van der Waals surface area (Å²) in [6.45, 7) is 0.0249. The average molecular weight is 539 g/mol. The van der Waals surface area contributed by atoms with E-state index in [2.05, 4.69) is 6.07 Å². The van der Waals surface area contributed by atoms with Crippen LogP contribution in [-0.2, 0) is 32.2 Å². The van der Waals surface area contributed by atoms with E-state index < -0.39 is 40.5 Å². The Morgan fingerprint density at radius 2 is 1.61 bits per heavy atom. The summed E-state index contributed by atoms with van der Waals surface area (Å²) in [6.07, 6.45) is -1.05. The highest BCUT2D eigenvalue weighted by molar-refractivity contribution is 7.92. The fourth-order valence-corrected chi connectivity index (χ4v) is 7.23. The highest BCUT2D eigenvalue weighted by atomic mass is 32.2. The molecule has 6 rings (SSSR count). The average Bonchev–Trinajstić information content (AvgIpc) is 3.17. The number of benzene rings is 3. The molecule has 0 amide bonds. The molecule has 8 nitrogen and oxygen atoms in total. The lowest BCUT2D eigenvalue weighted by Crippen LogP contribution is -2.61. The Bertz CT molecular complexity index is 1450. The van der Waals surface area contributed by atoms with Crippen molar-refractivity contribution >= 4 is 9.84 Å². The summed E-state index contributed by atoms with van der Waals surface area (Å²) in [7, 11) is -2.17. The monoisotopic (exact) mass is 538 g/mol. The number of aliphatic hydroxyl groups excluding tert-OH is 2. The fraction of sp³-hybridized carbons (Fsp3) is 0.379. The molecule has 5 atom stereocenters. The molecule has 0 spiro atoms. The lowest BCUT2D eigenvalue weighted by molar-refractivity contribution is -0.287. The number of aryl methyl sites for hydroxylation is 2. The molecular weight excluding hydrogens is 508 g/mol. The number of hydrogen-bond acceptors (Lipinski definition) is 8. The van der Waals surface area contributed by atoms with Crippen molar-refractivity contribution in [2.45, 2.75) is 66.2 Å². The van der Waals surface area contributed by atoms with Crippen LogP contribution >= 0.6 is 0 Å².